The van der Waals surface area contributed by atoms with Gasteiger partial charge in [0.1, 0.15) is 30.5 Å². The zero-order valence-electron chi connectivity index (χ0n) is 19.1. The van der Waals surface area contributed by atoms with Crippen LogP contribution >= 0.6 is 0 Å². The molecule has 1 atom stereocenters. The van der Waals surface area contributed by atoms with Crippen LogP contribution in [0.25, 0.3) is 0 Å². The number of hydrogen-bond acceptors (Lipinski definition) is 5. The van der Waals surface area contributed by atoms with Gasteiger partial charge in [0.15, 0.2) is 0 Å². The predicted octanol–water partition coefficient (Wildman–Crippen LogP) is 4.60. The molecule has 2 heterocycles. The van der Waals surface area contributed by atoms with E-state index in [1.165, 1.54) is 18.5 Å². The number of nitrogens with one attached hydrogen (secondary N) is 2. The summed E-state index contributed by atoms with van der Waals surface area (Å²) in [5.41, 5.74) is 3.96. The molecule has 5 rings (SSSR count). The molecule has 1 aliphatic heterocycles. The maximum absolute atomic E-state index is 13.4. The first-order valence-electron chi connectivity index (χ1n) is 11.2. The zero-order valence-corrected chi connectivity index (χ0v) is 19.1. The number of amides is 1. The summed E-state index contributed by atoms with van der Waals surface area (Å²) < 4.78 is 20.9. The topological polar surface area (TPSA) is 81.1 Å². The first-order valence-corrected chi connectivity index (χ1v) is 11.2. The molecular weight excluding hydrogens is 445 g/mol. The molecule has 0 aliphatic carbocycles. The fourth-order valence-corrected chi connectivity index (χ4v) is 4.09. The number of ether oxygens (including phenoxy) is 1. The lowest BCUT2D eigenvalue weighted by Gasteiger charge is -2.29. The average Bonchev–Trinajstić information content (AvgIpc) is 3.35. The fraction of sp³-hybridized carbons (Fsp3) is 0.148. The zero-order chi connectivity index (χ0) is 24.2. The number of aromatic nitrogens is 3. The van der Waals surface area contributed by atoms with Crippen molar-refractivity contribution in [1.29, 1.82) is 0 Å². The van der Waals surface area contributed by atoms with Crippen molar-refractivity contribution in [3.63, 3.8) is 0 Å². The fourth-order valence-electron chi connectivity index (χ4n) is 4.09. The Morgan fingerprint density at radius 1 is 1.06 bits per heavy atom. The van der Waals surface area contributed by atoms with Gasteiger partial charge in [-0.05, 0) is 47.9 Å². The summed E-state index contributed by atoms with van der Waals surface area (Å²) in [6, 6.07) is 23.0. The number of nitrogens with zero attached hydrogens (tertiary/aromatic N) is 3. The Balaban J connectivity index is 1.41. The minimum absolute atomic E-state index is 0.192. The van der Waals surface area contributed by atoms with E-state index in [-0.39, 0.29) is 11.7 Å². The molecule has 2 N–H and O–H groups in total. The van der Waals surface area contributed by atoms with Crippen LogP contribution in [0.1, 0.15) is 29.7 Å². The molecule has 7 nitrogen and oxygen atoms in total. The second kappa shape index (κ2) is 9.80. The van der Waals surface area contributed by atoms with Crippen molar-refractivity contribution in [1.82, 2.24) is 20.1 Å². The van der Waals surface area contributed by atoms with Crippen molar-refractivity contribution in [2.75, 3.05) is 5.32 Å². The summed E-state index contributed by atoms with van der Waals surface area (Å²) in [5.74, 6) is 0.714. The number of benzene rings is 3. The number of halogens is 1. The molecule has 0 spiro atoms. The van der Waals surface area contributed by atoms with Gasteiger partial charge in [0, 0.05) is 12.2 Å². The van der Waals surface area contributed by atoms with E-state index in [4.69, 9.17) is 4.74 Å². The average molecular weight is 470 g/mol. The molecule has 35 heavy (non-hydrogen) atoms. The van der Waals surface area contributed by atoms with Gasteiger partial charge in [-0.25, -0.2) is 9.07 Å². The highest BCUT2D eigenvalue weighted by Crippen LogP contribution is 2.35. The lowest BCUT2D eigenvalue weighted by Crippen LogP contribution is -2.34. The molecular formula is C27H24FN5O2. The van der Waals surface area contributed by atoms with Crippen LogP contribution in [0.15, 0.2) is 96.5 Å². The van der Waals surface area contributed by atoms with Crippen LogP contribution in [0.4, 0.5) is 10.3 Å². The third-order valence-electron chi connectivity index (χ3n) is 5.83. The Kier molecular flexibility index (Phi) is 6.26. The normalized spacial score (nSPS) is 14.7. The molecule has 0 fully saturated rings. The van der Waals surface area contributed by atoms with Crippen molar-refractivity contribution in [2.24, 2.45) is 0 Å². The summed E-state index contributed by atoms with van der Waals surface area (Å²) >= 11 is 0. The predicted molar refractivity (Wildman–Crippen MR) is 130 cm³/mol. The summed E-state index contributed by atoms with van der Waals surface area (Å²) in [6.45, 7) is 2.57. The van der Waals surface area contributed by atoms with E-state index in [1.54, 1.807) is 16.8 Å². The highest BCUT2D eigenvalue weighted by Gasteiger charge is 2.33. The summed E-state index contributed by atoms with van der Waals surface area (Å²) in [7, 11) is 0. The van der Waals surface area contributed by atoms with Crippen LogP contribution in [0.5, 0.6) is 5.75 Å². The molecule has 0 saturated heterocycles. The van der Waals surface area contributed by atoms with Crippen molar-refractivity contribution < 1.29 is 13.9 Å². The van der Waals surface area contributed by atoms with E-state index in [0.29, 0.717) is 36.1 Å². The van der Waals surface area contributed by atoms with E-state index in [2.05, 4.69) is 20.7 Å². The summed E-state index contributed by atoms with van der Waals surface area (Å²) in [5, 5.41) is 10.6. The standard InChI is InChI=1S/C27H24FN5O2/c1-18-24(26(34)29-15-19-6-3-2-4-7-19)25(33-27(32-18)30-17-31-33)21-8-5-9-23(14-21)35-16-20-10-12-22(28)13-11-20/h2-14,17,25H,15-16H2,1H3,(H,29,34)(H,30,31,32)/t25-/m1/s1. The number of anilines is 1. The molecule has 1 aromatic heterocycles. The van der Waals surface area contributed by atoms with Crippen LogP contribution < -0.4 is 15.4 Å². The maximum Gasteiger partial charge on any atom is 0.251 e. The molecule has 8 heteroatoms. The van der Waals surface area contributed by atoms with Gasteiger partial charge >= 0.3 is 0 Å². The van der Waals surface area contributed by atoms with Gasteiger partial charge in [0.25, 0.3) is 5.91 Å². The lowest BCUT2D eigenvalue weighted by molar-refractivity contribution is -0.118. The number of carbonyl (C=O) groups excluding carboxylic acids is 1. The maximum atomic E-state index is 13.4. The van der Waals surface area contributed by atoms with Gasteiger partial charge in [-0.15, -0.1) is 0 Å². The smallest absolute Gasteiger partial charge is 0.251 e. The van der Waals surface area contributed by atoms with Crippen molar-refractivity contribution in [3.05, 3.63) is 119 Å². The van der Waals surface area contributed by atoms with E-state index in [0.717, 1.165) is 16.7 Å². The van der Waals surface area contributed by atoms with Gasteiger partial charge in [0.05, 0.1) is 5.57 Å². The van der Waals surface area contributed by atoms with E-state index in [1.807, 2.05) is 61.5 Å². The van der Waals surface area contributed by atoms with Crippen LogP contribution in [0.2, 0.25) is 0 Å². The van der Waals surface area contributed by atoms with Crippen molar-refractivity contribution in [2.45, 2.75) is 26.1 Å². The molecule has 4 aromatic rings. The SMILES string of the molecule is CC1=C(C(=O)NCc2ccccc2)[C@@H](c2cccc(OCc3ccc(F)cc3)c2)n2ncnc2N1. The van der Waals surface area contributed by atoms with Crippen molar-refractivity contribution >= 4 is 11.9 Å². The van der Waals surface area contributed by atoms with Crippen LogP contribution in [-0.2, 0) is 17.9 Å². The lowest BCUT2D eigenvalue weighted by atomic mass is 9.95. The number of carbonyl (C=O) groups is 1. The molecule has 176 valence electrons. The first kappa shape index (κ1) is 22.3. The van der Waals surface area contributed by atoms with Crippen LogP contribution in [0, 0.1) is 5.82 Å². The molecule has 1 aliphatic rings. The van der Waals surface area contributed by atoms with E-state index >= 15 is 0 Å². The number of hydrogen-bond donors (Lipinski definition) is 2. The first-order chi connectivity index (χ1) is 17.1. The molecule has 0 unspecified atom stereocenters. The van der Waals surface area contributed by atoms with Gasteiger partial charge < -0.3 is 15.4 Å². The summed E-state index contributed by atoms with van der Waals surface area (Å²) in [6.07, 6.45) is 1.46. The van der Waals surface area contributed by atoms with Gasteiger partial charge in [-0.3, -0.25) is 4.79 Å². The molecule has 3 aromatic carbocycles. The Labute approximate surface area is 202 Å². The third-order valence-corrected chi connectivity index (χ3v) is 5.83. The summed E-state index contributed by atoms with van der Waals surface area (Å²) in [4.78, 5) is 17.7. The van der Waals surface area contributed by atoms with Crippen LogP contribution in [-0.4, -0.2) is 20.7 Å². The highest BCUT2D eigenvalue weighted by molar-refractivity contribution is 5.96. The second-order valence-electron chi connectivity index (χ2n) is 8.25. The Hall–Kier alpha value is -4.46. The van der Waals surface area contributed by atoms with Gasteiger partial charge in [0.2, 0.25) is 5.95 Å². The van der Waals surface area contributed by atoms with E-state index < -0.39 is 6.04 Å². The molecule has 1 amide bonds. The second-order valence-corrected chi connectivity index (χ2v) is 8.25. The van der Waals surface area contributed by atoms with Gasteiger partial charge in [-0.1, -0.05) is 54.6 Å². The highest BCUT2D eigenvalue weighted by atomic mass is 19.1. The Morgan fingerprint density at radius 3 is 2.66 bits per heavy atom. The monoisotopic (exact) mass is 469 g/mol. The number of rotatable bonds is 7. The van der Waals surface area contributed by atoms with Crippen molar-refractivity contribution in [3.8, 4) is 5.75 Å². The number of allylic oxidation sites excluding steroid dienone is 1. The van der Waals surface area contributed by atoms with E-state index in [9.17, 15) is 9.18 Å². The largest absolute Gasteiger partial charge is 0.489 e. The minimum atomic E-state index is -0.487. The quantitative estimate of drug-likeness (QED) is 0.413. The van der Waals surface area contributed by atoms with Gasteiger partial charge in [-0.2, -0.15) is 10.1 Å². The van der Waals surface area contributed by atoms with Crippen LogP contribution in [0.3, 0.4) is 0 Å². The minimum Gasteiger partial charge on any atom is -0.489 e. The molecule has 0 bridgehead atoms. The molecule has 0 radical (unpaired) electrons. The molecule has 0 saturated carbocycles. The number of fused-ring (bicyclic) bond motifs is 1. The Bertz CT molecular complexity index is 1370. The third kappa shape index (κ3) is 4.91. The Morgan fingerprint density at radius 2 is 1.86 bits per heavy atom.